The fourth-order valence-electron chi connectivity index (χ4n) is 2.40. The maximum atomic E-state index is 3.68. The van der Waals surface area contributed by atoms with Gasteiger partial charge in [0.05, 0.1) is 6.04 Å². The second-order valence-corrected chi connectivity index (χ2v) is 6.79. The first kappa shape index (κ1) is 15.7. The minimum atomic E-state index is 0.201. The van der Waals surface area contributed by atoms with Crippen LogP contribution in [0.4, 0.5) is 0 Å². The first-order valence-corrected chi connectivity index (χ1v) is 8.37. The maximum Gasteiger partial charge on any atom is 0.0590 e. The Labute approximate surface area is 138 Å². The Morgan fingerprint density at radius 1 is 1.00 bits per heavy atom. The van der Waals surface area contributed by atoms with Crippen LogP contribution in [-0.4, -0.2) is 6.54 Å². The minimum absolute atomic E-state index is 0.201. The standard InChI is InChI=1S/C17H19Br2N/c1-4-20-17(14-9-11(2)5-6-12(14)3)15-10-13(18)7-8-16(15)19/h5-10,17,20H,4H2,1-3H3. The molecule has 0 aliphatic rings. The van der Waals surface area contributed by atoms with Crippen molar-refractivity contribution in [3.63, 3.8) is 0 Å². The largest absolute Gasteiger partial charge is 0.306 e. The lowest BCUT2D eigenvalue weighted by Crippen LogP contribution is -2.23. The molecule has 0 heterocycles. The van der Waals surface area contributed by atoms with Crippen LogP contribution in [0.15, 0.2) is 45.3 Å². The Kier molecular flexibility index (Phi) is 5.42. The Morgan fingerprint density at radius 3 is 2.45 bits per heavy atom. The average molecular weight is 397 g/mol. The lowest BCUT2D eigenvalue weighted by atomic mass is 9.93. The topological polar surface area (TPSA) is 12.0 Å². The average Bonchev–Trinajstić information content (AvgIpc) is 2.42. The van der Waals surface area contributed by atoms with E-state index >= 15 is 0 Å². The smallest absolute Gasteiger partial charge is 0.0590 e. The van der Waals surface area contributed by atoms with Crippen LogP contribution in [0.5, 0.6) is 0 Å². The third-order valence-corrected chi connectivity index (χ3v) is 4.64. The molecular formula is C17H19Br2N. The summed E-state index contributed by atoms with van der Waals surface area (Å²) in [5.74, 6) is 0. The van der Waals surface area contributed by atoms with Gasteiger partial charge in [-0.15, -0.1) is 0 Å². The second-order valence-electron chi connectivity index (χ2n) is 5.02. The summed E-state index contributed by atoms with van der Waals surface area (Å²) in [6, 6.07) is 13.2. The van der Waals surface area contributed by atoms with E-state index in [4.69, 9.17) is 0 Å². The van der Waals surface area contributed by atoms with Crippen LogP contribution in [0.3, 0.4) is 0 Å². The van der Waals surface area contributed by atoms with E-state index in [0.717, 1.165) is 15.5 Å². The van der Waals surface area contributed by atoms with Crippen molar-refractivity contribution in [2.24, 2.45) is 0 Å². The van der Waals surface area contributed by atoms with E-state index in [2.05, 4.69) is 94.3 Å². The van der Waals surface area contributed by atoms with Crippen molar-refractivity contribution in [2.45, 2.75) is 26.8 Å². The van der Waals surface area contributed by atoms with Gasteiger partial charge >= 0.3 is 0 Å². The van der Waals surface area contributed by atoms with Crippen LogP contribution < -0.4 is 5.32 Å². The van der Waals surface area contributed by atoms with E-state index < -0.39 is 0 Å². The number of hydrogen-bond acceptors (Lipinski definition) is 1. The van der Waals surface area contributed by atoms with Crippen molar-refractivity contribution in [2.75, 3.05) is 6.54 Å². The zero-order chi connectivity index (χ0) is 14.7. The molecule has 0 aliphatic heterocycles. The van der Waals surface area contributed by atoms with Gasteiger partial charge in [0.1, 0.15) is 0 Å². The molecule has 0 radical (unpaired) electrons. The first-order chi connectivity index (χ1) is 9.52. The second kappa shape index (κ2) is 6.88. The van der Waals surface area contributed by atoms with Gasteiger partial charge in [0.2, 0.25) is 0 Å². The van der Waals surface area contributed by atoms with Gasteiger partial charge in [-0.25, -0.2) is 0 Å². The summed E-state index contributed by atoms with van der Waals surface area (Å²) in [5.41, 5.74) is 5.20. The molecule has 0 fully saturated rings. The van der Waals surface area contributed by atoms with Crippen LogP contribution in [0.1, 0.15) is 35.2 Å². The van der Waals surface area contributed by atoms with Crippen LogP contribution in [0.25, 0.3) is 0 Å². The number of halogens is 2. The summed E-state index contributed by atoms with van der Waals surface area (Å²) in [4.78, 5) is 0. The molecule has 0 aromatic heterocycles. The number of hydrogen-bond donors (Lipinski definition) is 1. The van der Waals surface area contributed by atoms with Crippen molar-refractivity contribution in [1.82, 2.24) is 5.32 Å². The fraction of sp³-hybridized carbons (Fsp3) is 0.294. The first-order valence-electron chi connectivity index (χ1n) is 6.78. The third-order valence-electron chi connectivity index (χ3n) is 3.42. The molecule has 1 atom stereocenters. The van der Waals surface area contributed by atoms with E-state index in [1.165, 1.54) is 22.3 Å². The molecule has 2 aromatic carbocycles. The SMILES string of the molecule is CCNC(c1cc(C)ccc1C)c1cc(Br)ccc1Br. The Morgan fingerprint density at radius 2 is 1.75 bits per heavy atom. The highest BCUT2D eigenvalue weighted by Crippen LogP contribution is 2.32. The molecule has 0 amide bonds. The lowest BCUT2D eigenvalue weighted by Gasteiger charge is -2.23. The predicted octanol–water partition coefficient (Wildman–Crippen LogP) is 5.53. The molecule has 0 spiro atoms. The van der Waals surface area contributed by atoms with Crippen molar-refractivity contribution in [3.05, 3.63) is 67.6 Å². The summed E-state index contributed by atoms with van der Waals surface area (Å²) in [7, 11) is 0. The highest BCUT2D eigenvalue weighted by atomic mass is 79.9. The highest BCUT2D eigenvalue weighted by Gasteiger charge is 2.18. The summed E-state index contributed by atoms with van der Waals surface area (Å²) in [6.07, 6.45) is 0. The van der Waals surface area contributed by atoms with Gasteiger partial charge in [0.15, 0.2) is 0 Å². The van der Waals surface area contributed by atoms with Gasteiger partial charge in [0, 0.05) is 8.95 Å². The highest BCUT2D eigenvalue weighted by molar-refractivity contribution is 9.11. The molecule has 1 nitrogen and oxygen atoms in total. The molecule has 0 saturated carbocycles. The molecule has 20 heavy (non-hydrogen) atoms. The predicted molar refractivity (Wildman–Crippen MR) is 93.3 cm³/mol. The van der Waals surface area contributed by atoms with E-state index in [9.17, 15) is 0 Å². The molecule has 1 N–H and O–H groups in total. The van der Waals surface area contributed by atoms with Gasteiger partial charge < -0.3 is 5.32 Å². The molecule has 0 bridgehead atoms. The molecule has 3 heteroatoms. The maximum absolute atomic E-state index is 3.68. The third kappa shape index (κ3) is 3.51. The summed E-state index contributed by atoms with van der Waals surface area (Å²) in [6.45, 7) is 7.38. The van der Waals surface area contributed by atoms with Crippen LogP contribution >= 0.6 is 31.9 Å². The van der Waals surface area contributed by atoms with E-state index in [-0.39, 0.29) is 6.04 Å². The molecule has 106 valence electrons. The van der Waals surface area contributed by atoms with Gasteiger partial charge in [-0.1, -0.05) is 62.5 Å². The zero-order valence-electron chi connectivity index (χ0n) is 12.0. The van der Waals surface area contributed by atoms with Gasteiger partial charge in [0.25, 0.3) is 0 Å². The lowest BCUT2D eigenvalue weighted by molar-refractivity contribution is 0.625. The molecule has 2 aromatic rings. The van der Waals surface area contributed by atoms with Crippen LogP contribution in [-0.2, 0) is 0 Å². The molecular weight excluding hydrogens is 378 g/mol. The van der Waals surface area contributed by atoms with E-state index in [0.29, 0.717) is 0 Å². The zero-order valence-corrected chi connectivity index (χ0v) is 15.2. The summed E-state index contributed by atoms with van der Waals surface area (Å²) >= 11 is 7.25. The van der Waals surface area contributed by atoms with E-state index in [1.54, 1.807) is 0 Å². The van der Waals surface area contributed by atoms with Crippen molar-refractivity contribution in [1.29, 1.82) is 0 Å². The van der Waals surface area contributed by atoms with Gasteiger partial charge in [-0.05, 0) is 55.3 Å². The fourth-order valence-corrected chi connectivity index (χ4v) is 3.25. The Bertz CT molecular complexity index is 556. The molecule has 0 aliphatic carbocycles. The number of nitrogens with one attached hydrogen (secondary N) is 1. The molecule has 0 saturated heterocycles. The number of rotatable bonds is 4. The Balaban J connectivity index is 2.55. The van der Waals surface area contributed by atoms with Crippen molar-refractivity contribution < 1.29 is 0 Å². The minimum Gasteiger partial charge on any atom is -0.306 e. The van der Waals surface area contributed by atoms with Crippen molar-refractivity contribution >= 4 is 31.9 Å². The number of aryl methyl sites for hydroxylation is 2. The van der Waals surface area contributed by atoms with Gasteiger partial charge in [-0.3, -0.25) is 0 Å². The monoisotopic (exact) mass is 395 g/mol. The van der Waals surface area contributed by atoms with Gasteiger partial charge in [-0.2, -0.15) is 0 Å². The summed E-state index contributed by atoms with van der Waals surface area (Å²) < 4.78 is 2.23. The van der Waals surface area contributed by atoms with Crippen LogP contribution in [0, 0.1) is 13.8 Å². The quantitative estimate of drug-likeness (QED) is 0.716. The van der Waals surface area contributed by atoms with E-state index in [1.807, 2.05) is 0 Å². The normalized spacial score (nSPS) is 12.4. The summed E-state index contributed by atoms with van der Waals surface area (Å²) in [5, 5.41) is 3.60. The Hall–Kier alpha value is -0.640. The molecule has 1 unspecified atom stereocenters. The number of benzene rings is 2. The molecule has 2 rings (SSSR count). The van der Waals surface area contributed by atoms with Crippen LogP contribution in [0.2, 0.25) is 0 Å². The van der Waals surface area contributed by atoms with Crippen molar-refractivity contribution in [3.8, 4) is 0 Å².